The number of sulfonamides is 1. The Labute approximate surface area is 170 Å². The molecule has 1 aromatic heterocycles. The third-order valence-electron chi connectivity index (χ3n) is 5.54. The minimum atomic E-state index is -3.49. The van der Waals surface area contributed by atoms with Gasteiger partial charge in [0.2, 0.25) is 10.0 Å². The third-order valence-corrected chi connectivity index (χ3v) is 7.42. The van der Waals surface area contributed by atoms with Crippen molar-refractivity contribution in [2.24, 2.45) is 5.92 Å². The number of pyridine rings is 1. The summed E-state index contributed by atoms with van der Waals surface area (Å²) in [6.07, 6.45) is 3.88. The fraction of sp³-hybridized carbons (Fsp3) is 0.381. The summed E-state index contributed by atoms with van der Waals surface area (Å²) >= 11 is 0. The zero-order valence-corrected chi connectivity index (χ0v) is 17.1. The molecule has 1 atom stereocenters. The molecule has 0 radical (unpaired) electrons. The van der Waals surface area contributed by atoms with Crippen LogP contribution in [0.25, 0.3) is 0 Å². The maximum Gasteiger partial charge on any atom is 0.280 e. The van der Waals surface area contributed by atoms with Crippen LogP contribution in [0.15, 0.2) is 47.5 Å². The van der Waals surface area contributed by atoms with Gasteiger partial charge in [0.05, 0.1) is 10.5 Å². The number of aromatic nitrogens is 1. The number of benzene rings is 1. The lowest BCUT2D eigenvalue weighted by Crippen LogP contribution is -2.39. The summed E-state index contributed by atoms with van der Waals surface area (Å²) in [5.74, 6) is -0.354. The van der Waals surface area contributed by atoms with E-state index in [1.165, 1.54) is 11.1 Å². The lowest BCUT2D eigenvalue weighted by atomic mass is 10.0. The van der Waals surface area contributed by atoms with Crippen molar-refractivity contribution in [3.63, 3.8) is 0 Å². The highest BCUT2D eigenvalue weighted by Gasteiger charge is 2.36. The van der Waals surface area contributed by atoms with Gasteiger partial charge in [-0.15, -0.1) is 0 Å². The second-order valence-electron chi connectivity index (χ2n) is 7.67. The Morgan fingerprint density at radius 1 is 1.10 bits per heavy atom. The molecule has 2 amide bonds. The molecule has 3 heterocycles. The number of hydrogen-bond donors (Lipinski definition) is 0. The first-order valence-corrected chi connectivity index (χ1v) is 11.2. The number of amides is 2. The number of carbonyl (C=O) groups excluding carboxylic acids is 2. The van der Waals surface area contributed by atoms with Crippen molar-refractivity contribution in [1.29, 1.82) is 0 Å². The molecule has 1 saturated heterocycles. The normalized spacial score (nSPS) is 20.2. The van der Waals surface area contributed by atoms with Crippen LogP contribution in [0.4, 0.5) is 0 Å². The van der Waals surface area contributed by atoms with Crippen LogP contribution in [0.1, 0.15) is 46.2 Å². The zero-order valence-electron chi connectivity index (χ0n) is 16.2. The molecule has 1 unspecified atom stereocenters. The highest BCUT2D eigenvalue weighted by Crippen LogP contribution is 2.24. The van der Waals surface area contributed by atoms with Gasteiger partial charge in [0.1, 0.15) is 5.69 Å². The summed E-state index contributed by atoms with van der Waals surface area (Å²) in [4.78, 5) is 30.2. The minimum Gasteiger partial charge on any atom is -0.273 e. The fourth-order valence-electron chi connectivity index (χ4n) is 3.90. The quantitative estimate of drug-likeness (QED) is 0.702. The number of piperidine rings is 1. The molecule has 2 aliphatic heterocycles. The average Bonchev–Trinajstić information content (AvgIpc) is 2.97. The number of carbonyl (C=O) groups is 2. The van der Waals surface area contributed by atoms with Crippen LogP contribution in [0.5, 0.6) is 0 Å². The van der Waals surface area contributed by atoms with E-state index in [4.69, 9.17) is 0 Å². The Balaban J connectivity index is 1.43. The first-order chi connectivity index (χ1) is 13.9. The van der Waals surface area contributed by atoms with Gasteiger partial charge in [0.25, 0.3) is 11.8 Å². The molecule has 29 heavy (non-hydrogen) atoms. The van der Waals surface area contributed by atoms with Crippen molar-refractivity contribution >= 4 is 21.8 Å². The number of imide groups is 1. The Bertz CT molecular complexity index is 1010. The van der Waals surface area contributed by atoms with Gasteiger partial charge in [-0.05, 0) is 55.0 Å². The Morgan fingerprint density at radius 2 is 1.86 bits per heavy atom. The molecule has 0 spiro atoms. The highest BCUT2D eigenvalue weighted by molar-refractivity contribution is 7.89. The van der Waals surface area contributed by atoms with E-state index in [9.17, 15) is 18.0 Å². The zero-order chi connectivity index (χ0) is 20.6. The summed E-state index contributed by atoms with van der Waals surface area (Å²) in [5, 5.41) is 0. The topological polar surface area (TPSA) is 87.7 Å². The first-order valence-electron chi connectivity index (χ1n) is 9.78. The lowest BCUT2D eigenvalue weighted by Gasteiger charge is -2.30. The van der Waals surface area contributed by atoms with E-state index in [1.54, 1.807) is 40.7 Å². The average molecular weight is 413 g/mol. The van der Waals surface area contributed by atoms with E-state index < -0.39 is 10.0 Å². The third kappa shape index (κ3) is 3.70. The maximum atomic E-state index is 12.8. The fourth-order valence-corrected chi connectivity index (χ4v) is 5.50. The molecule has 2 aliphatic rings. The predicted octanol–water partition coefficient (Wildman–Crippen LogP) is 2.34. The lowest BCUT2D eigenvalue weighted by molar-refractivity contribution is 0.0654. The van der Waals surface area contributed by atoms with E-state index in [1.807, 2.05) is 0 Å². The minimum absolute atomic E-state index is 0.190. The van der Waals surface area contributed by atoms with Crippen molar-refractivity contribution < 1.29 is 18.0 Å². The highest BCUT2D eigenvalue weighted by atomic mass is 32.2. The molecule has 7 nitrogen and oxygen atoms in total. The van der Waals surface area contributed by atoms with E-state index in [-0.39, 0.29) is 28.9 Å². The van der Waals surface area contributed by atoms with Crippen molar-refractivity contribution in [3.05, 3.63) is 59.4 Å². The largest absolute Gasteiger partial charge is 0.280 e. The van der Waals surface area contributed by atoms with Crippen LogP contribution >= 0.6 is 0 Å². The molecule has 8 heteroatoms. The summed E-state index contributed by atoms with van der Waals surface area (Å²) < 4.78 is 27.2. The van der Waals surface area contributed by atoms with E-state index in [0.29, 0.717) is 31.0 Å². The molecule has 1 aromatic carbocycles. The number of nitrogens with zero attached hydrogens (tertiary/aromatic N) is 3. The van der Waals surface area contributed by atoms with E-state index in [2.05, 4.69) is 11.9 Å². The van der Waals surface area contributed by atoms with Gasteiger partial charge in [-0.25, -0.2) is 8.42 Å². The summed E-state index contributed by atoms with van der Waals surface area (Å²) in [5.41, 5.74) is 1.38. The Morgan fingerprint density at radius 3 is 2.55 bits per heavy atom. The van der Waals surface area contributed by atoms with Gasteiger partial charge >= 0.3 is 0 Å². The van der Waals surface area contributed by atoms with E-state index in [0.717, 1.165) is 18.4 Å². The maximum absolute atomic E-state index is 12.8. The summed E-state index contributed by atoms with van der Waals surface area (Å²) in [6, 6.07) is 9.94. The molecule has 152 valence electrons. The van der Waals surface area contributed by atoms with Crippen molar-refractivity contribution in [2.45, 2.75) is 31.1 Å². The second kappa shape index (κ2) is 7.68. The predicted molar refractivity (Wildman–Crippen MR) is 107 cm³/mol. The summed E-state index contributed by atoms with van der Waals surface area (Å²) in [7, 11) is -3.49. The molecule has 0 bridgehead atoms. The smallest absolute Gasteiger partial charge is 0.273 e. The van der Waals surface area contributed by atoms with Gasteiger partial charge in [0.15, 0.2) is 0 Å². The molecule has 0 N–H and O–H groups in total. The van der Waals surface area contributed by atoms with Crippen LogP contribution in [0.2, 0.25) is 0 Å². The molecule has 0 aliphatic carbocycles. The van der Waals surface area contributed by atoms with Gasteiger partial charge in [-0.1, -0.05) is 19.1 Å². The van der Waals surface area contributed by atoms with Crippen molar-refractivity contribution in [3.8, 4) is 0 Å². The van der Waals surface area contributed by atoms with Gasteiger partial charge < -0.3 is 0 Å². The van der Waals surface area contributed by atoms with Crippen molar-refractivity contribution in [2.75, 3.05) is 19.6 Å². The second-order valence-corrected chi connectivity index (χ2v) is 9.60. The van der Waals surface area contributed by atoms with Crippen LogP contribution < -0.4 is 0 Å². The molecular weight excluding hydrogens is 390 g/mol. The van der Waals surface area contributed by atoms with Crippen LogP contribution in [-0.4, -0.2) is 54.1 Å². The van der Waals surface area contributed by atoms with Crippen molar-refractivity contribution in [1.82, 2.24) is 14.2 Å². The summed E-state index contributed by atoms with van der Waals surface area (Å²) in [6.45, 7) is 3.41. The van der Waals surface area contributed by atoms with Gasteiger partial charge in [0, 0.05) is 25.8 Å². The van der Waals surface area contributed by atoms with Crippen LogP contribution in [-0.2, 0) is 16.4 Å². The van der Waals surface area contributed by atoms with Gasteiger partial charge in [-0.3, -0.25) is 19.5 Å². The number of hydrogen-bond acceptors (Lipinski definition) is 5. The Hall–Kier alpha value is -2.58. The molecule has 2 aromatic rings. The number of rotatable bonds is 5. The molecule has 0 saturated carbocycles. The first kappa shape index (κ1) is 19.7. The standard InChI is InChI=1S/C21H23N3O4S/c1-15-4-3-12-23(14-15)29(27,28)17-8-6-16(7-9-17)10-13-24-20(25)18-5-2-11-22-19(18)21(24)26/h2,5-9,11,15H,3-4,10,12-14H2,1H3. The SMILES string of the molecule is CC1CCCN(S(=O)(=O)c2ccc(CCN3C(=O)c4cccnc4C3=O)cc2)C1. The molecule has 1 fully saturated rings. The van der Waals surface area contributed by atoms with Gasteiger partial charge in [-0.2, -0.15) is 4.31 Å². The van der Waals surface area contributed by atoms with Crippen LogP contribution in [0.3, 0.4) is 0 Å². The van der Waals surface area contributed by atoms with Crippen LogP contribution in [0, 0.1) is 5.92 Å². The monoisotopic (exact) mass is 413 g/mol. The van der Waals surface area contributed by atoms with E-state index >= 15 is 0 Å². The Kier molecular flexibility index (Phi) is 5.23. The molecular formula is C21H23N3O4S. The molecule has 4 rings (SSSR count). The number of fused-ring (bicyclic) bond motifs is 1.